The van der Waals surface area contributed by atoms with E-state index in [1.54, 1.807) is 0 Å². The van der Waals surface area contributed by atoms with E-state index in [1.165, 1.54) is 34.6 Å². The monoisotopic (exact) mass is 423 g/mol. The Bertz CT molecular complexity index is 566. The van der Waals surface area contributed by atoms with Crippen molar-refractivity contribution in [2.45, 2.75) is 70.8 Å². The first-order chi connectivity index (χ1) is 12.3. The van der Waals surface area contributed by atoms with Gasteiger partial charge in [-0.3, -0.25) is 0 Å². The number of alkyl halides is 6. The van der Waals surface area contributed by atoms with Crippen LogP contribution in [0.25, 0.3) is 0 Å². The van der Waals surface area contributed by atoms with E-state index in [9.17, 15) is 41.0 Å². The van der Waals surface area contributed by atoms with Gasteiger partial charge in [0.1, 0.15) is 11.7 Å². The molecule has 0 aromatic heterocycles. The molecule has 0 spiro atoms. The molecule has 1 amide bonds. The first-order valence-corrected chi connectivity index (χ1v) is 7.98. The van der Waals surface area contributed by atoms with E-state index in [0.717, 1.165) is 0 Å². The van der Waals surface area contributed by atoms with Crippen molar-refractivity contribution in [1.82, 2.24) is 5.32 Å². The van der Waals surface area contributed by atoms with Crippen molar-refractivity contribution in [2.75, 3.05) is 0 Å². The number of aliphatic hydroxyl groups excluding tert-OH is 1. The number of amides is 1. The van der Waals surface area contributed by atoms with Gasteiger partial charge in [-0.05, 0) is 26.7 Å². The van der Waals surface area contributed by atoms with Gasteiger partial charge in [-0.2, -0.15) is 26.3 Å². The molecule has 164 valence electrons. The van der Waals surface area contributed by atoms with Crippen LogP contribution in [0.3, 0.4) is 0 Å². The Kier molecular flexibility index (Phi) is 8.38. The molecule has 0 aliphatic rings. The van der Waals surface area contributed by atoms with Crippen LogP contribution in [0, 0.1) is 5.92 Å². The molecule has 2 atom stereocenters. The van der Waals surface area contributed by atoms with Crippen molar-refractivity contribution < 1.29 is 50.5 Å². The molecule has 0 rings (SSSR count). The van der Waals surface area contributed by atoms with E-state index in [2.05, 4.69) is 16.6 Å². The van der Waals surface area contributed by atoms with Crippen LogP contribution in [-0.4, -0.2) is 53.4 Å². The maximum atomic E-state index is 12.5. The number of carbonyl (C=O) groups excluding carboxylic acids is 2. The summed E-state index contributed by atoms with van der Waals surface area (Å²) in [4.78, 5) is 23.5. The average molecular weight is 423 g/mol. The number of rotatable bonds is 6. The zero-order valence-corrected chi connectivity index (χ0v) is 15.9. The normalized spacial score (nSPS) is 15.2. The number of aliphatic hydroxyl groups is 1. The number of nitrogens with one attached hydrogen (secondary N) is 1. The molecule has 6 nitrogen and oxygen atoms in total. The smallest absolute Gasteiger partial charge is 0.434 e. The molecule has 0 aliphatic carbocycles. The SMILES string of the molecule is C=C(C(=O)OC(C(F)(F)F)C(F)(F)F)[C@@H](O)[C@@H](NC(=O)OC(C)(C)C)C(C)C. The highest BCUT2D eigenvalue weighted by molar-refractivity contribution is 5.89. The lowest BCUT2D eigenvalue weighted by molar-refractivity contribution is -0.312. The van der Waals surface area contributed by atoms with Gasteiger partial charge in [-0.1, -0.05) is 20.4 Å². The van der Waals surface area contributed by atoms with Gasteiger partial charge in [0.05, 0.1) is 11.6 Å². The Morgan fingerprint density at radius 1 is 1.00 bits per heavy atom. The van der Waals surface area contributed by atoms with E-state index in [1.807, 2.05) is 0 Å². The standard InChI is InChI=1S/C16H23F6NO5/c1-7(2)9(23-13(26)28-14(4,5)6)10(24)8(3)11(25)27-12(15(17,18)19)16(20,21)22/h7,9-10,12,24H,3H2,1-2,4-6H3,(H,23,26)/t9-,10+/m0/s1. The summed E-state index contributed by atoms with van der Waals surface area (Å²) in [5, 5.41) is 12.3. The van der Waals surface area contributed by atoms with Gasteiger partial charge >= 0.3 is 24.4 Å². The molecule has 0 radical (unpaired) electrons. The average Bonchev–Trinajstić information content (AvgIpc) is 2.44. The molecule has 0 bridgehead atoms. The third-order valence-corrected chi connectivity index (χ3v) is 3.18. The highest BCUT2D eigenvalue weighted by Gasteiger charge is 2.60. The van der Waals surface area contributed by atoms with Crippen LogP contribution >= 0.6 is 0 Å². The fourth-order valence-corrected chi connectivity index (χ4v) is 1.89. The lowest BCUT2D eigenvalue weighted by Gasteiger charge is -2.30. The second-order valence-corrected chi connectivity index (χ2v) is 7.25. The van der Waals surface area contributed by atoms with E-state index < -0.39 is 59.8 Å². The van der Waals surface area contributed by atoms with Gasteiger partial charge in [0.15, 0.2) is 0 Å². The molecule has 0 saturated heterocycles. The van der Waals surface area contributed by atoms with Crippen LogP contribution in [0.2, 0.25) is 0 Å². The van der Waals surface area contributed by atoms with Gasteiger partial charge < -0.3 is 19.9 Å². The highest BCUT2D eigenvalue weighted by Crippen LogP contribution is 2.36. The van der Waals surface area contributed by atoms with E-state index in [4.69, 9.17) is 4.74 Å². The summed E-state index contributed by atoms with van der Waals surface area (Å²) < 4.78 is 83.4. The Morgan fingerprint density at radius 3 is 1.75 bits per heavy atom. The largest absolute Gasteiger partial charge is 0.444 e. The molecule has 0 aromatic rings. The van der Waals surface area contributed by atoms with Crippen LogP contribution in [0.1, 0.15) is 34.6 Å². The summed E-state index contributed by atoms with van der Waals surface area (Å²) in [6.45, 7) is 10.6. The maximum absolute atomic E-state index is 12.5. The Labute approximate surface area is 157 Å². The number of carbonyl (C=O) groups is 2. The van der Waals surface area contributed by atoms with Crippen molar-refractivity contribution in [3.8, 4) is 0 Å². The van der Waals surface area contributed by atoms with Crippen molar-refractivity contribution in [3.05, 3.63) is 12.2 Å². The molecule has 0 aliphatic heterocycles. The first-order valence-electron chi connectivity index (χ1n) is 7.98. The molecular formula is C16H23F6NO5. The third kappa shape index (κ3) is 8.36. The molecule has 0 aromatic carbocycles. The molecule has 0 fully saturated rings. The number of hydrogen-bond donors (Lipinski definition) is 2. The van der Waals surface area contributed by atoms with Crippen LogP contribution in [0.15, 0.2) is 12.2 Å². The molecule has 12 heteroatoms. The molecular weight excluding hydrogens is 400 g/mol. The second-order valence-electron chi connectivity index (χ2n) is 7.25. The zero-order valence-electron chi connectivity index (χ0n) is 15.9. The van der Waals surface area contributed by atoms with Crippen LogP contribution in [0.4, 0.5) is 31.1 Å². The van der Waals surface area contributed by atoms with E-state index >= 15 is 0 Å². The lowest BCUT2D eigenvalue weighted by atomic mass is 9.94. The third-order valence-electron chi connectivity index (χ3n) is 3.18. The Hall–Kier alpha value is -1.98. The molecule has 0 heterocycles. The minimum Gasteiger partial charge on any atom is -0.444 e. The number of ether oxygens (including phenoxy) is 2. The van der Waals surface area contributed by atoms with Crippen molar-refractivity contribution in [1.29, 1.82) is 0 Å². The molecule has 0 unspecified atom stereocenters. The minimum atomic E-state index is -5.91. The summed E-state index contributed by atoms with van der Waals surface area (Å²) >= 11 is 0. The van der Waals surface area contributed by atoms with Crippen LogP contribution < -0.4 is 5.32 Å². The van der Waals surface area contributed by atoms with Crippen molar-refractivity contribution in [3.63, 3.8) is 0 Å². The molecule has 0 saturated carbocycles. The van der Waals surface area contributed by atoms with Gasteiger partial charge in [-0.15, -0.1) is 0 Å². The Balaban J connectivity index is 5.35. The first kappa shape index (κ1) is 26.0. The molecule has 2 N–H and O–H groups in total. The minimum absolute atomic E-state index is 0.604. The maximum Gasteiger partial charge on any atom is 0.434 e. The van der Waals surface area contributed by atoms with Crippen molar-refractivity contribution >= 4 is 12.1 Å². The number of alkyl carbamates (subject to hydrolysis) is 1. The quantitative estimate of drug-likeness (QED) is 0.388. The fourth-order valence-electron chi connectivity index (χ4n) is 1.89. The van der Waals surface area contributed by atoms with Gasteiger partial charge in [0, 0.05) is 0 Å². The molecule has 28 heavy (non-hydrogen) atoms. The number of esters is 1. The number of halogens is 6. The van der Waals surface area contributed by atoms with E-state index in [-0.39, 0.29) is 0 Å². The predicted octanol–water partition coefficient (Wildman–Crippen LogP) is 3.49. The highest BCUT2D eigenvalue weighted by atomic mass is 19.4. The number of hydrogen-bond acceptors (Lipinski definition) is 5. The predicted molar refractivity (Wildman–Crippen MR) is 85.1 cm³/mol. The Morgan fingerprint density at radius 2 is 1.43 bits per heavy atom. The summed E-state index contributed by atoms with van der Waals surface area (Å²) in [5.74, 6) is -2.71. The van der Waals surface area contributed by atoms with Crippen LogP contribution in [-0.2, 0) is 14.3 Å². The van der Waals surface area contributed by atoms with Gasteiger partial charge in [0.2, 0.25) is 0 Å². The summed E-state index contributed by atoms with van der Waals surface area (Å²) in [5.41, 5.74) is -2.01. The summed E-state index contributed by atoms with van der Waals surface area (Å²) in [6.07, 6.45) is -19.2. The lowest BCUT2D eigenvalue weighted by Crippen LogP contribution is -2.51. The van der Waals surface area contributed by atoms with Gasteiger partial charge in [-0.25, -0.2) is 9.59 Å². The summed E-state index contributed by atoms with van der Waals surface area (Å²) in [7, 11) is 0. The van der Waals surface area contributed by atoms with Gasteiger partial charge in [0.25, 0.3) is 6.10 Å². The van der Waals surface area contributed by atoms with Crippen LogP contribution in [0.5, 0.6) is 0 Å². The topological polar surface area (TPSA) is 84.9 Å². The summed E-state index contributed by atoms with van der Waals surface area (Å²) in [6, 6.07) is -1.30. The zero-order chi connectivity index (χ0) is 22.7. The fraction of sp³-hybridized carbons (Fsp3) is 0.750. The second kappa shape index (κ2) is 9.01. The van der Waals surface area contributed by atoms with Crippen molar-refractivity contribution in [2.24, 2.45) is 5.92 Å². The van der Waals surface area contributed by atoms with E-state index in [0.29, 0.717) is 0 Å².